The molecular formula is C11H19N3. The Balaban J connectivity index is 2.33. The van der Waals surface area contributed by atoms with Crippen LogP contribution in [0.3, 0.4) is 0 Å². The van der Waals surface area contributed by atoms with Gasteiger partial charge in [-0.2, -0.15) is 5.10 Å². The van der Waals surface area contributed by atoms with Crippen LogP contribution in [0.1, 0.15) is 36.2 Å². The lowest BCUT2D eigenvalue weighted by atomic mass is 9.67. The van der Waals surface area contributed by atoms with Gasteiger partial charge in [-0.15, -0.1) is 0 Å². The highest BCUT2D eigenvalue weighted by molar-refractivity contribution is 5.32. The molecular weight excluding hydrogens is 174 g/mol. The van der Waals surface area contributed by atoms with Crippen molar-refractivity contribution in [1.29, 1.82) is 0 Å². The summed E-state index contributed by atoms with van der Waals surface area (Å²) in [6.07, 6.45) is 1.12. The fourth-order valence-corrected chi connectivity index (χ4v) is 2.53. The van der Waals surface area contributed by atoms with Crippen LogP contribution in [0, 0.1) is 19.8 Å². The Kier molecular flexibility index (Phi) is 2.14. The summed E-state index contributed by atoms with van der Waals surface area (Å²) >= 11 is 0. The summed E-state index contributed by atoms with van der Waals surface area (Å²) in [5, 5.41) is 4.45. The molecule has 0 spiro atoms. The zero-order chi connectivity index (χ0) is 10.5. The van der Waals surface area contributed by atoms with E-state index in [9.17, 15) is 0 Å². The summed E-state index contributed by atoms with van der Waals surface area (Å²) in [5.41, 5.74) is 9.83. The maximum absolute atomic E-state index is 5.93. The summed E-state index contributed by atoms with van der Waals surface area (Å²) in [4.78, 5) is 0. The molecule has 3 atom stereocenters. The van der Waals surface area contributed by atoms with Crippen LogP contribution in [0.2, 0.25) is 0 Å². The van der Waals surface area contributed by atoms with Crippen LogP contribution in [0.4, 0.5) is 0 Å². The van der Waals surface area contributed by atoms with Gasteiger partial charge in [0.25, 0.3) is 0 Å². The Bertz CT molecular complexity index is 354. The first-order valence-electron chi connectivity index (χ1n) is 5.28. The van der Waals surface area contributed by atoms with Gasteiger partial charge in [0.2, 0.25) is 0 Å². The smallest absolute Gasteiger partial charge is 0.0631 e. The van der Waals surface area contributed by atoms with Crippen LogP contribution in [0.15, 0.2) is 0 Å². The van der Waals surface area contributed by atoms with Crippen LogP contribution in [0.5, 0.6) is 0 Å². The molecule has 14 heavy (non-hydrogen) atoms. The van der Waals surface area contributed by atoms with E-state index in [2.05, 4.69) is 25.9 Å². The van der Waals surface area contributed by atoms with Crippen LogP contribution in [0.25, 0.3) is 0 Å². The van der Waals surface area contributed by atoms with E-state index >= 15 is 0 Å². The third-order valence-corrected chi connectivity index (χ3v) is 3.77. The quantitative estimate of drug-likeness (QED) is 0.734. The van der Waals surface area contributed by atoms with E-state index in [1.165, 1.54) is 17.0 Å². The Morgan fingerprint density at radius 3 is 2.43 bits per heavy atom. The molecule has 1 aliphatic rings. The molecule has 78 valence electrons. The fraction of sp³-hybridized carbons (Fsp3) is 0.727. The molecule has 3 heteroatoms. The molecule has 0 aliphatic heterocycles. The van der Waals surface area contributed by atoms with Crippen molar-refractivity contribution in [2.24, 2.45) is 18.7 Å². The Hall–Kier alpha value is -0.830. The molecule has 0 amide bonds. The van der Waals surface area contributed by atoms with Gasteiger partial charge in [-0.3, -0.25) is 4.68 Å². The second kappa shape index (κ2) is 3.09. The van der Waals surface area contributed by atoms with Crippen LogP contribution < -0.4 is 5.73 Å². The van der Waals surface area contributed by atoms with E-state index < -0.39 is 0 Å². The molecule has 0 aromatic carbocycles. The molecule has 1 heterocycles. The number of hydrogen-bond acceptors (Lipinski definition) is 2. The van der Waals surface area contributed by atoms with E-state index in [0.29, 0.717) is 17.9 Å². The Morgan fingerprint density at radius 1 is 1.43 bits per heavy atom. The molecule has 1 fully saturated rings. The van der Waals surface area contributed by atoms with Gasteiger partial charge in [-0.05, 0) is 37.7 Å². The second-order valence-corrected chi connectivity index (χ2v) is 4.57. The van der Waals surface area contributed by atoms with Crippen LogP contribution in [-0.4, -0.2) is 15.8 Å². The van der Waals surface area contributed by atoms with E-state index in [1.54, 1.807) is 0 Å². The minimum atomic E-state index is 0.388. The van der Waals surface area contributed by atoms with Crippen molar-refractivity contribution in [2.45, 2.75) is 39.2 Å². The zero-order valence-electron chi connectivity index (χ0n) is 9.41. The first kappa shape index (κ1) is 9.71. The van der Waals surface area contributed by atoms with E-state index in [0.717, 1.165) is 6.42 Å². The van der Waals surface area contributed by atoms with Gasteiger partial charge in [-0.1, -0.05) is 6.92 Å². The van der Waals surface area contributed by atoms with Gasteiger partial charge < -0.3 is 5.73 Å². The van der Waals surface area contributed by atoms with Crippen molar-refractivity contribution in [3.63, 3.8) is 0 Å². The van der Waals surface area contributed by atoms with Gasteiger partial charge >= 0.3 is 0 Å². The third kappa shape index (κ3) is 1.19. The number of hydrogen-bond donors (Lipinski definition) is 1. The molecule has 1 aromatic rings. The topological polar surface area (TPSA) is 43.8 Å². The maximum atomic E-state index is 5.93. The highest BCUT2D eigenvalue weighted by Crippen LogP contribution is 2.43. The average Bonchev–Trinajstić information content (AvgIpc) is 2.38. The van der Waals surface area contributed by atoms with Crippen molar-refractivity contribution in [2.75, 3.05) is 0 Å². The van der Waals surface area contributed by atoms with Gasteiger partial charge in [0.15, 0.2) is 0 Å². The molecule has 2 N–H and O–H groups in total. The van der Waals surface area contributed by atoms with Gasteiger partial charge in [-0.25, -0.2) is 0 Å². The maximum Gasteiger partial charge on any atom is 0.0631 e. The van der Waals surface area contributed by atoms with Crippen molar-refractivity contribution < 1.29 is 0 Å². The molecule has 3 nitrogen and oxygen atoms in total. The highest BCUT2D eigenvalue weighted by Gasteiger charge is 2.38. The monoisotopic (exact) mass is 193 g/mol. The van der Waals surface area contributed by atoms with Crippen LogP contribution in [-0.2, 0) is 7.05 Å². The number of rotatable bonds is 1. The Morgan fingerprint density at radius 2 is 2.07 bits per heavy atom. The van der Waals surface area contributed by atoms with Gasteiger partial charge in [0, 0.05) is 18.8 Å². The Labute approximate surface area is 85.3 Å². The summed E-state index contributed by atoms with van der Waals surface area (Å²) in [6, 6.07) is 0.388. The van der Waals surface area contributed by atoms with Crippen molar-refractivity contribution in [1.82, 2.24) is 9.78 Å². The SMILES string of the molecule is Cc1nn(C)c(C)c1C1CC(N)C1C. The lowest BCUT2D eigenvalue weighted by Gasteiger charge is -2.41. The summed E-state index contributed by atoms with van der Waals surface area (Å²) in [7, 11) is 2.01. The van der Waals surface area contributed by atoms with Crippen LogP contribution >= 0.6 is 0 Å². The number of aromatic nitrogens is 2. The normalized spacial score (nSPS) is 31.6. The van der Waals surface area contributed by atoms with E-state index in [4.69, 9.17) is 5.73 Å². The first-order valence-corrected chi connectivity index (χ1v) is 5.28. The average molecular weight is 193 g/mol. The van der Waals surface area contributed by atoms with Crippen molar-refractivity contribution in [3.05, 3.63) is 17.0 Å². The van der Waals surface area contributed by atoms with Gasteiger partial charge in [0.05, 0.1) is 5.69 Å². The lowest BCUT2D eigenvalue weighted by Crippen LogP contribution is -2.44. The highest BCUT2D eigenvalue weighted by atomic mass is 15.3. The molecule has 1 saturated carbocycles. The minimum Gasteiger partial charge on any atom is -0.327 e. The molecule has 1 aliphatic carbocycles. The zero-order valence-corrected chi connectivity index (χ0v) is 9.41. The summed E-state index contributed by atoms with van der Waals surface area (Å²) < 4.78 is 1.97. The fourth-order valence-electron chi connectivity index (χ4n) is 2.53. The number of nitrogens with zero attached hydrogens (tertiary/aromatic N) is 2. The number of aryl methyl sites for hydroxylation is 2. The first-order chi connectivity index (χ1) is 6.52. The van der Waals surface area contributed by atoms with E-state index in [-0.39, 0.29) is 0 Å². The van der Waals surface area contributed by atoms with E-state index in [1.807, 2.05) is 11.7 Å². The molecule has 1 aromatic heterocycles. The van der Waals surface area contributed by atoms with Crippen molar-refractivity contribution >= 4 is 0 Å². The lowest BCUT2D eigenvalue weighted by molar-refractivity contribution is 0.225. The molecule has 0 saturated heterocycles. The molecule has 3 unspecified atom stereocenters. The predicted octanol–water partition coefficient (Wildman–Crippen LogP) is 1.49. The summed E-state index contributed by atoms with van der Waals surface area (Å²) in [5.74, 6) is 1.25. The molecule has 0 bridgehead atoms. The summed E-state index contributed by atoms with van der Waals surface area (Å²) in [6.45, 7) is 6.48. The van der Waals surface area contributed by atoms with Crippen molar-refractivity contribution in [3.8, 4) is 0 Å². The third-order valence-electron chi connectivity index (χ3n) is 3.77. The second-order valence-electron chi connectivity index (χ2n) is 4.57. The van der Waals surface area contributed by atoms with Gasteiger partial charge in [0.1, 0.15) is 0 Å². The largest absolute Gasteiger partial charge is 0.327 e. The predicted molar refractivity (Wildman–Crippen MR) is 57.2 cm³/mol. The molecule has 0 radical (unpaired) electrons. The molecule has 2 rings (SSSR count). The minimum absolute atomic E-state index is 0.388. The standard InChI is InChI=1S/C11H19N3/c1-6-9(5-10(6)12)11-7(2)13-14(4)8(11)3/h6,9-10H,5,12H2,1-4H3. The number of nitrogens with two attached hydrogens (primary N) is 1.